The highest BCUT2D eigenvalue weighted by molar-refractivity contribution is 5.72. The molecule has 2 aliphatic heterocycles. The first-order chi connectivity index (χ1) is 11.2. The highest BCUT2D eigenvalue weighted by Crippen LogP contribution is 2.49. The molecule has 4 rings (SSSR count). The first-order valence-electron chi connectivity index (χ1n) is 8.86. The van der Waals surface area contributed by atoms with Gasteiger partial charge in [0, 0.05) is 29.4 Å². The van der Waals surface area contributed by atoms with Gasteiger partial charge in [-0.1, -0.05) is 36.4 Å². The third kappa shape index (κ3) is 2.46. The van der Waals surface area contributed by atoms with Crippen LogP contribution in [0.15, 0.2) is 54.6 Å². The Morgan fingerprint density at radius 1 is 0.870 bits per heavy atom. The van der Waals surface area contributed by atoms with Gasteiger partial charge in [-0.15, -0.1) is 0 Å². The summed E-state index contributed by atoms with van der Waals surface area (Å²) < 4.78 is 0. The second-order valence-corrected chi connectivity index (χ2v) is 7.35. The summed E-state index contributed by atoms with van der Waals surface area (Å²) in [5.74, 6) is 0. The minimum atomic E-state index is 0.331. The second-order valence-electron chi connectivity index (χ2n) is 7.35. The van der Waals surface area contributed by atoms with Gasteiger partial charge in [0.2, 0.25) is 0 Å². The average Bonchev–Trinajstić information content (AvgIpc) is 2.91. The van der Waals surface area contributed by atoms with Crippen LogP contribution in [0.1, 0.15) is 32.3 Å². The third-order valence-corrected chi connectivity index (χ3v) is 5.78. The highest BCUT2D eigenvalue weighted by atomic mass is 15.2. The summed E-state index contributed by atoms with van der Waals surface area (Å²) in [6.45, 7) is 8.19. The zero-order chi connectivity index (χ0) is 15.9. The zero-order valence-corrected chi connectivity index (χ0v) is 14.2. The normalized spacial score (nSPS) is 20.2. The summed E-state index contributed by atoms with van der Waals surface area (Å²) >= 11 is 0. The predicted molar refractivity (Wildman–Crippen MR) is 97.5 cm³/mol. The third-order valence-electron chi connectivity index (χ3n) is 5.78. The van der Waals surface area contributed by atoms with Crippen LogP contribution in [0, 0.1) is 0 Å². The number of benzene rings is 2. The van der Waals surface area contributed by atoms with Crippen molar-refractivity contribution in [2.24, 2.45) is 0 Å². The van der Waals surface area contributed by atoms with Crippen LogP contribution in [-0.4, -0.2) is 30.6 Å². The van der Waals surface area contributed by atoms with E-state index in [1.54, 1.807) is 5.56 Å². The summed E-state index contributed by atoms with van der Waals surface area (Å²) in [6, 6.07) is 20.6. The fourth-order valence-corrected chi connectivity index (χ4v) is 4.36. The monoisotopic (exact) mass is 306 g/mol. The standard InChI is InChI=1S/C21H26N2/c1-17(2)22-14-12-21(13-15-22)16-23(18-8-4-3-5-9-18)20-11-7-6-10-19(20)21/h3-11,17H,12-16H2,1-2H3. The van der Waals surface area contributed by atoms with Gasteiger partial charge in [0.05, 0.1) is 0 Å². The molecule has 0 bridgehead atoms. The molecule has 1 fully saturated rings. The smallest absolute Gasteiger partial charge is 0.0449 e. The highest BCUT2D eigenvalue weighted by Gasteiger charge is 2.44. The lowest BCUT2D eigenvalue weighted by Crippen LogP contribution is -2.46. The summed E-state index contributed by atoms with van der Waals surface area (Å²) in [5, 5.41) is 0. The Morgan fingerprint density at radius 2 is 1.52 bits per heavy atom. The molecule has 2 aromatic rings. The lowest BCUT2D eigenvalue weighted by atomic mass is 9.74. The summed E-state index contributed by atoms with van der Waals surface area (Å²) in [4.78, 5) is 5.15. The van der Waals surface area contributed by atoms with E-state index in [1.165, 1.54) is 37.3 Å². The molecular formula is C21H26N2. The molecule has 2 aliphatic rings. The van der Waals surface area contributed by atoms with Crippen LogP contribution in [0.25, 0.3) is 0 Å². The fourth-order valence-electron chi connectivity index (χ4n) is 4.36. The molecule has 0 radical (unpaired) electrons. The van der Waals surface area contributed by atoms with E-state index in [4.69, 9.17) is 0 Å². The number of likely N-dealkylation sites (tertiary alicyclic amines) is 1. The molecular weight excluding hydrogens is 280 g/mol. The summed E-state index contributed by atoms with van der Waals surface area (Å²) in [5.41, 5.74) is 4.63. The van der Waals surface area contributed by atoms with Crippen molar-refractivity contribution in [1.82, 2.24) is 4.90 Å². The Bertz CT molecular complexity index is 669. The molecule has 23 heavy (non-hydrogen) atoms. The number of para-hydroxylation sites is 2. The molecule has 0 aliphatic carbocycles. The minimum absolute atomic E-state index is 0.331. The van der Waals surface area contributed by atoms with E-state index >= 15 is 0 Å². The molecule has 1 spiro atoms. The molecule has 0 N–H and O–H groups in total. The van der Waals surface area contributed by atoms with E-state index in [9.17, 15) is 0 Å². The SMILES string of the molecule is CC(C)N1CCC2(CC1)CN(c1ccccc1)c1ccccc12. The second kappa shape index (κ2) is 5.68. The molecule has 0 atom stereocenters. The average molecular weight is 306 g/mol. The number of rotatable bonds is 2. The van der Waals surface area contributed by atoms with E-state index in [0.29, 0.717) is 11.5 Å². The maximum atomic E-state index is 2.62. The van der Waals surface area contributed by atoms with Crippen molar-refractivity contribution in [2.45, 2.75) is 38.1 Å². The molecule has 1 saturated heterocycles. The Kier molecular flexibility index (Phi) is 3.65. The van der Waals surface area contributed by atoms with Crippen LogP contribution in [0.3, 0.4) is 0 Å². The maximum Gasteiger partial charge on any atom is 0.0449 e. The first kappa shape index (κ1) is 14.8. The predicted octanol–water partition coefficient (Wildman–Crippen LogP) is 4.58. The summed E-state index contributed by atoms with van der Waals surface area (Å²) in [7, 11) is 0. The first-order valence-corrected chi connectivity index (χ1v) is 8.86. The fraction of sp³-hybridized carbons (Fsp3) is 0.429. The number of hydrogen-bond donors (Lipinski definition) is 0. The molecule has 2 heterocycles. The molecule has 2 heteroatoms. The van der Waals surface area contributed by atoms with Gasteiger partial charge in [-0.25, -0.2) is 0 Å². The Balaban J connectivity index is 1.69. The van der Waals surface area contributed by atoms with E-state index in [-0.39, 0.29) is 0 Å². The van der Waals surface area contributed by atoms with E-state index in [0.717, 1.165) is 6.54 Å². The van der Waals surface area contributed by atoms with Crippen LogP contribution in [0.4, 0.5) is 11.4 Å². The number of fused-ring (bicyclic) bond motifs is 2. The topological polar surface area (TPSA) is 6.48 Å². The van der Waals surface area contributed by atoms with Gasteiger partial charge in [-0.3, -0.25) is 0 Å². The van der Waals surface area contributed by atoms with Gasteiger partial charge in [-0.05, 0) is 63.5 Å². The number of nitrogens with zero attached hydrogens (tertiary/aromatic N) is 2. The van der Waals surface area contributed by atoms with Crippen LogP contribution in [0.5, 0.6) is 0 Å². The van der Waals surface area contributed by atoms with Crippen LogP contribution >= 0.6 is 0 Å². The van der Waals surface area contributed by atoms with E-state index < -0.39 is 0 Å². The molecule has 120 valence electrons. The Labute approximate surface area is 139 Å². The quantitative estimate of drug-likeness (QED) is 0.801. The lowest BCUT2D eigenvalue weighted by molar-refractivity contribution is 0.136. The minimum Gasteiger partial charge on any atom is -0.340 e. The van der Waals surface area contributed by atoms with E-state index in [2.05, 4.69) is 78.2 Å². The van der Waals surface area contributed by atoms with Gasteiger partial charge in [0.15, 0.2) is 0 Å². The van der Waals surface area contributed by atoms with Crippen LogP contribution in [-0.2, 0) is 5.41 Å². The van der Waals surface area contributed by atoms with Crippen molar-refractivity contribution in [2.75, 3.05) is 24.5 Å². The largest absolute Gasteiger partial charge is 0.340 e. The number of anilines is 2. The van der Waals surface area contributed by atoms with Crippen molar-refractivity contribution in [3.8, 4) is 0 Å². The van der Waals surface area contributed by atoms with Crippen molar-refractivity contribution in [3.63, 3.8) is 0 Å². The number of piperidine rings is 1. The lowest BCUT2D eigenvalue weighted by Gasteiger charge is -2.41. The van der Waals surface area contributed by atoms with Gasteiger partial charge in [0.25, 0.3) is 0 Å². The summed E-state index contributed by atoms with van der Waals surface area (Å²) in [6.07, 6.45) is 2.54. The van der Waals surface area contributed by atoms with Crippen molar-refractivity contribution >= 4 is 11.4 Å². The van der Waals surface area contributed by atoms with Crippen LogP contribution in [0.2, 0.25) is 0 Å². The molecule has 0 amide bonds. The van der Waals surface area contributed by atoms with Gasteiger partial charge in [-0.2, -0.15) is 0 Å². The molecule has 0 unspecified atom stereocenters. The molecule has 2 nitrogen and oxygen atoms in total. The zero-order valence-electron chi connectivity index (χ0n) is 14.2. The molecule has 0 saturated carbocycles. The molecule has 2 aromatic carbocycles. The Hall–Kier alpha value is -1.80. The van der Waals surface area contributed by atoms with Gasteiger partial charge >= 0.3 is 0 Å². The van der Waals surface area contributed by atoms with Gasteiger partial charge in [0.1, 0.15) is 0 Å². The van der Waals surface area contributed by atoms with Crippen molar-refractivity contribution < 1.29 is 0 Å². The van der Waals surface area contributed by atoms with Crippen molar-refractivity contribution in [3.05, 3.63) is 60.2 Å². The van der Waals surface area contributed by atoms with Crippen molar-refractivity contribution in [1.29, 1.82) is 0 Å². The molecule has 0 aromatic heterocycles. The van der Waals surface area contributed by atoms with Gasteiger partial charge < -0.3 is 9.80 Å². The maximum absolute atomic E-state index is 2.62. The van der Waals surface area contributed by atoms with Crippen LogP contribution < -0.4 is 4.90 Å². The number of hydrogen-bond acceptors (Lipinski definition) is 2. The Morgan fingerprint density at radius 3 is 2.22 bits per heavy atom. The van der Waals surface area contributed by atoms with E-state index in [1.807, 2.05) is 0 Å².